The Balaban J connectivity index is 1.54. The molecular formula is C20H29N5O3. The molecule has 2 fully saturated rings. The highest BCUT2D eigenvalue weighted by Gasteiger charge is 2.35. The summed E-state index contributed by atoms with van der Waals surface area (Å²) >= 11 is 0. The molecule has 2 atom stereocenters. The molecule has 1 aromatic carbocycles. The molecule has 2 heterocycles. The topological polar surface area (TPSA) is 99.0 Å². The van der Waals surface area contributed by atoms with Crippen LogP contribution in [0.1, 0.15) is 25.3 Å². The van der Waals surface area contributed by atoms with Crippen molar-refractivity contribution in [3.05, 3.63) is 35.9 Å². The van der Waals surface area contributed by atoms with Crippen molar-refractivity contribution in [2.24, 2.45) is 5.73 Å². The van der Waals surface area contributed by atoms with Crippen molar-refractivity contribution in [1.29, 1.82) is 0 Å². The van der Waals surface area contributed by atoms with Gasteiger partial charge in [0, 0.05) is 39.3 Å². The smallest absolute Gasteiger partial charge is 0.312 e. The number of amides is 4. The van der Waals surface area contributed by atoms with Crippen LogP contribution >= 0.6 is 0 Å². The Labute approximate surface area is 165 Å². The highest BCUT2D eigenvalue weighted by atomic mass is 16.2. The van der Waals surface area contributed by atoms with Crippen LogP contribution in [0.2, 0.25) is 0 Å². The Morgan fingerprint density at radius 2 is 1.82 bits per heavy atom. The van der Waals surface area contributed by atoms with Crippen molar-refractivity contribution in [3.8, 4) is 0 Å². The molecular weight excluding hydrogens is 358 g/mol. The Kier molecular flexibility index (Phi) is 6.51. The number of nitrogens with two attached hydrogens (primary N) is 1. The Morgan fingerprint density at radius 3 is 2.46 bits per heavy atom. The number of piperazine rings is 1. The third kappa shape index (κ3) is 4.81. The predicted octanol–water partition coefficient (Wildman–Crippen LogP) is 0.379. The first kappa shape index (κ1) is 20.1. The monoisotopic (exact) mass is 387 g/mol. The Bertz CT molecular complexity index is 703. The van der Waals surface area contributed by atoms with Crippen LogP contribution in [0.4, 0.5) is 4.79 Å². The van der Waals surface area contributed by atoms with Gasteiger partial charge in [0.2, 0.25) is 11.8 Å². The molecule has 3 rings (SSSR count). The first-order valence-corrected chi connectivity index (χ1v) is 9.87. The minimum atomic E-state index is -0.703. The fourth-order valence-electron chi connectivity index (χ4n) is 4.02. The lowest BCUT2D eigenvalue weighted by molar-refractivity contribution is -0.143. The number of piperidine rings is 1. The molecule has 2 saturated heterocycles. The maximum Gasteiger partial charge on any atom is 0.312 e. The summed E-state index contributed by atoms with van der Waals surface area (Å²) in [6.45, 7) is 5.48. The number of hydrogen-bond acceptors (Lipinski definition) is 4. The van der Waals surface area contributed by atoms with Gasteiger partial charge in [0.15, 0.2) is 0 Å². The SMILES string of the molecule is C[C@H](NC(N)=O)C(=O)N1CCN(C2CCCN(Cc3ccccc3)C2=O)CC1. The molecule has 8 heteroatoms. The van der Waals surface area contributed by atoms with Crippen molar-refractivity contribution in [2.75, 3.05) is 32.7 Å². The summed E-state index contributed by atoms with van der Waals surface area (Å²) in [5.74, 6) is 0.0396. The van der Waals surface area contributed by atoms with Crippen LogP contribution in [0.5, 0.6) is 0 Å². The van der Waals surface area contributed by atoms with Gasteiger partial charge in [-0.05, 0) is 25.3 Å². The van der Waals surface area contributed by atoms with Crippen LogP contribution in [0.15, 0.2) is 30.3 Å². The fourth-order valence-corrected chi connectivity index (χ4v) is 4.02. The normalized spacial score (nSPS) is 22.0. The van der Waals surface area contributed by atoms with Gasteiger partial charge in [-0.2, -0.15) is 0 Å². The largest absolute Gasteiger partial charge is 0.352 e. The molecule has 0 saturated carbocycles. The molecule has 0 spiro atoms. The number of nitrogens with zero attached hydrogens (tertiary/aromatic N) is 3. The van der Waals surface area contributed by atoms with Crippen LogP contribution in [-0.2, 0) is 16.1 Å². The number of rotatable bonds is 5. The van der Waals surface area contributed by atoms with E-state index in [1.807, 2.05) is 35.2 Å². The van der Waals surface area contributed by atoms with Crippen LogP contribution in [0.3, 0.4) is 0 Å². The predicted molar refractivity (Wildman–Crippen MR) is 105 cm³/mol. The quantitative estimate of drug-likeness (QED) is 0.763. The van der Waals surface area contributed by atoms with Crippen LogP contribution in [0.25, 0.3) is 0 Å². The van der Waals surface area contributed by atoms with Gasteiger partial charge in [0.25, 0.3) is 0 Å². The van der Waals surface area contributed by atoms with E-state index in [1.54, 1.807) is 11.8 Å². The molecule has 0 radical (unpaired) electrons. The van der Waals surface area contributed by atoms with Gasteiger partial charge in [-0.25, -0.2) is 4.79 Å². The van der Waals surface area contributed by atoms with E-state index in [9.17, 15) is 14.4 Å². The van der Waals surface area contributed by atoms with E-state index in [-0.39, 0.29) is 17.9 Å². The summed E-state index contributed by atoms with van der Waals surface area (Å²) in [4.78, 5) is 42.2. The van der Waals surface area contributed by atoms with Crippen molar-refractivity contribution in [2.45, 2.75) is 38.4 Å². The first-order valence-electron chi connectivity index (χ1n) is 9.87. The standard InChI is InChI=1S/C20H29N5O3/c1-15(22-20(21)28)18(26)24-12-10-23(11-13-24)17-8-5-9-25(19(17)27)14-16-6-3-2-4-7-16/h2-4,6-7,15,17H,5,8-14H2,1H3,(H3,21,22,28)/t15-,17?/m0/s1. The zero-order valence-corrected chi connectivity index (χ0v) is 16.3. The lowest BCUT2D eigenvalue weighted by Gasteiger charge is -2.43. The second kappa shape index (κ2) is 9.05. The zero-order chi connectivity index (χ0) is 20.1. The molecule has 4 amide bonds. The molecule has 152 valence electrons. The van der Waals surface area contributed by atoms with Crippen LogP contribution in [0, 0.1) is 0 Å². The minimum absolute atomic E-state index is 0.115. The summed E-state index contributed by atoms with van der Waals surface area (Å²) in [6.07, 6.45) is 1.85. The van der Waals surface area contributed by atoms with E-state index in [2.05, 4.69) is 10.2 Å². The number of urea groups is 1. The Morgan fingerprint density at radius 1 is 1.14 bits per heavy atom. The maximum atomic E-state index is 13.0. The van der Waals surface area contributed by atoms with Crippen molar-refractivity contribution < 1.29 is 14.4 Å². The lowest BCUT2D eigenvalue weighted by Crippen LogP contribution is -2.59. The molecule has 0 aromatic heterocycles. The van der Waals surface area contributed by atoms with Gasteiger partial charge in [0.05, 0.1) is 6.04 Å². The number of carbonyl (C=O) groups is 3. The van der Waals surface area contributed by atoms with Crippen LogP contribution in [-0.4, -0.2) is 77.4 Å². The molecule has 2 aliphatic heterocycles. The summed E-state index contributed by atoms with van der Waals surface area (Å²) in [5.41, 5.74) is 6.23. The van der Waals surface area contributed by atoms with Crippen molar-refractivity contribution in [1.82, 2.24) is 20.0 Å². The van der Waals surface area contributed by atoms with E-state index in [0.29, 0.717) is 32.7 Å². The third-order valence-electron chi connectivity index (χ3n) is 5.51. The molecule has 28 heavy (non-hydrogen) atoms. The minimum Gasteiger partial charge on any atom is -0.352 e. The van der Waals surface area contributed by atoms with Gasteiger partial charge in [-0.1, -0.05) is 30.3 Å². The van der Waals surface area contributed by atoms with Crippen LogP contribution < -0.4 is 11.1 Å². The summed E-state index contributed by atoms with van der Waals surface area (Å²) in [5, 5.41) is 2.42. The first-order chi connectivity index (χ1) is 13.5. The maximum absolute atomic E-state index is 13.0. The molecule has 0 bridgehead atoms. The average molecular weight is 387 g/mol. The van der Waals surface area contributed by atoms with E-state index in [0.717, 1.165) is 24.9 Å². The van der Waals surface area contributed by atoms with Gasteiger partial charge >= 0.3 is 6.03 Å². The molecule has 1 unspecified atom stereocenters. The van der Waals surface area contributed by atoms with E-state index in [4.69, 9.17) is 5.73 Å². The van der Waals surface area contributed by atoms with Gasteiger partial charge in [-0.15, -0.1) is 0 Å². The zero-order valence-electron chi connectivity index (χ0n) is 16.3. The highest BCUT2D eigenvalue weighted by Crippen LogP contribution is 2.21. The van der Waals surface area contributed by atoms with E-state index >= 15 is 0 Å². The highest BCUT2D eigenvalue weighted by molar-refractivity contribution is 5.86. The van der Waals surface area contributed by atoms with Gasteiger partial charge in [0.1, 0.15) is 6.04 Å². The lowest BCUT2D eigenvalue weighted by atomic mass is 10.0. The van der Waals surface area contributed by atoms with Gasteiger partial charge in [-0.3, -0.25) is 14.5 Å². The van der Waals surface area contributed by atoms with Crippen molar-refractivity contribution >= 4 is 17.8 Å². The number of hydrogen-bond donors (Lipinski definition) is 2. The fraction of sp³-hybridized carbons (Fsp3) is 0.550. The van der Waals surface area contributed by atoms with E-state index < -0.39 is 12.1 Å². The number of carbonyl (C=O) groups excluding carboxylic acids is 3. The average Bonchev–Trinajstić information content (AvgIpc) is 2.69. The Hall–Kier alpha value is -2.61. The number of benzene rings is 1. The third-order valence-corrected chi connectivity index (χ3v) is 5.51. The molecule has 1 aromatic rings. The van der Waals surface area contributed by atoms with Crippen molar-refractivity contribution in [3.63, 3.8) is 0 Å². The summed E-state index contributed by atoms with van der Waals surface area (Å²) in [6, 6.07) is 8.59. The molecule has 8 nitrogen and oxygen atoms in total. The summed E-state index contributed by atoms with van der Waals surface area (Å²) in [7, 11) is 0. The number of likely N-dealkylation sites (tertiary alicyclic amines) is 1. The van der Waals surface area contributed by atoms with Gasteiger partial charge < -0.3 is 20.9 Å². The second-order valence-electron chi connectivity index (χ2n) is 7.49. The molecule has 2 aliphatic rings. The summed E-state index contributed by atoms with van der Waals surface area (Å²) < 4.78 is 0. The van der Waals surface area contributed by atoms with E-state index in [1.165, 1.54) is 0 Å². The number of nitrogens with one attached hydrogen (secondary N) is 1. The molecule has 0 aliphatic carbocycles. The molecule has 3 N–H and O–H groups in total. The number of primary amides is 1. The second-order valence-corrected chi connectivity index (χ2v) is 7.49.